The molecule has 0 aromatic heterocycles. The summed E-state index contributed by atoms with van der Waals surface area (Å²) in [6.07, 6.45) is 8.43. The summed E-state index contributed by atoms with van der Waals surface area (Å²) in [5.41, 5.74) is 1.97. The smallest absolute Gasteiger partial charge is 0.290 e. The first-order chi connectivity index (χ1) is 15.4. The van der Waals surface area contributed by atoms with Crippen molar-refractivity contribution < 1.29 is 23.8 Å². The number of carbonyl (C=O) groups excluding carboxylic acids is 1. The Balaban J connectivity index is 0.000000325. The van der Waals surface area contributed by atoms with E-state index in [1.807, 2.05) is 13.0 Å². The predicted molar refractivity (Wildman–Crippen MR) is 130 cm³/mol. The van der Waals surface area contributed by atoms with Crippen LogP contribution < -0.4 is 4.74 Å². The zero-order valence-corrected chi connectivity index (χ0v) is 20.8. The highest BCUT2D eigenvalue weighted by Gasteiger charge is 2.28. The van der Waals surface area contributed by atoms with E-state index in [-0.39, 0.29) is 12.3 Å². The Bertz CT molecular complexity index is 678. The first kappa shape index (κ1) is 28.3. The SMILES string of the molecule is CCC.Cc1cc(C2CC2)c(OCC2CCC(C)C2)cc1F.O=CN1CCSC1.O=CO. The van der Waals surface area contributed by atoms with Crippen molar-refractivity contribution in [2.24, 2.45) is 11.8 Å². The number of hydrogen-bond donors (Lipinski definition) is 1. The number of carboxylic acid groups (broad SMARTS) is 1. The molecule has 0 spiro atoms. The Hall–Kier alpha value is -1.76. The van der Waals surface area contributed by atoms with E-state index < -0.39 is 0 Å². The summed E-state index contributed by atoms with van der Waals surface area (Å²) in [5, 5.41) is 6.89. The maximum Gasteiger partial charge on any atom is 0.290 e. The maximum absolute atomic E-state index is 13.7. The Morgan fingerprint density at radius 2 is 1.88 bits per heavy atom. The first-order valence-corrected chi connectivity index (χ1v) is 12.8. The van der Waals surface area contributed by atoms with Crippen molar-refractivity contribution in [2.75, 3.05) is 24.8 Å². The van der Waals surface area contributed by atoms with Crippen molar-refractivity contribution in [3.63, 3.8) is 0 Å². The Labute approximate surface area is 197 Å². The molecule has 1 heterocycles. The molecule has 2 atom stereocenters. The first-order valence-electron chi connectivity index (χ1n) is 11.7. The van der Waals surface area contributed by atoms with Crippen LogP contribution >= 0.6 is 11.8 Å². The number of halogens is 1. The Morgan fingerprint density at radius 1 is 1.22 bits per heavy atom. The van der Waals surface area contributed by atoms with Crippen LogP contribution in [0.1, 0.15) is 76.3 Å². The van der Waals surface area contributed by atoms with Crippen LogP contribution in [0.15, 0.2) is 12.1 Å². The van der Waals surface area contributed by atoms with Crippen LogP contribution in [0.3, 0.4) is 0 Å². The summed E-state index contributed by atoms with van der Waals surface area (Å²) in [6, 6.07) is 3.58. The van der Waals surface area contributed by atoms with Gasteiger partial charge >= 0.3 is 0 Å². The fraction of sp³-hybridized carbons (Fsp3) is 0.680. The lowest BCUT2D eigenvalue weighted by Crippen LogP contribution is -2.15. The molecule has 7 heteroatoms. The largest absolute Gasteiger partial charge is 0.493 e. The topological polar surface area (TPSA) is 66.8 Å². The van der Waals surface area contributed by atoms with Crippen molar-refractivity contribution in [3.8, 4) is 5.75 Å². The summed E-state index contributed by atoms with van der Waals surface area (Å²) < 4.78 is 19.7. The number of carbonyl (C=O) groups is 2. The van der Waals surface area contributed by atoms with Gasteiger partial charge in [0, 0.05) is 18.4 Å². The second kappa shape index (κ2) is 15.9. The summed E-state index contributed by atoms with van der Waals surface area (Å²) in [4.78, 5) is 20.0. The number of aryl methyl sites for hydroxylation is 1. The van der Waals surface area contributed by atoms with E-state index in [2.05, 4.69) is 20.8 Å². The summed E-state index contributed by atoms with van der Waals surface area (Å²) in [6.45, 7) is 9.84. The lowest BCUT2D eigenvalue weighted by molar-refractivity contribution is -0.123. The minimum atomic E-state index is -0.250. The Kier molecular flexibility index (Phi) is 14.1. The van der Waals surface area contributed by atoms with Crippen LogP contribution in [0.25, 0.3) is 0 Å². The highest BCUT2D eigenvalue weighted by atomic mass is 32.2. The van der Waals surface area contributed by atoms with Gasteiger partial charge in [-0.25, -0.2) is 4.39 Å². The molecule has 1 aromatic rings. The number of nitrogens with zero attached hydrogens (tertiary/aromatic N) is 1. The highest BCUT2D eigenvalue weighted by Crippen LogP contribution is 2.45. The fourth-order valence-electron chi connectivity index (χ4n) is 3.72. The lowest BCUT2D eigenvalue weighted by Gasteiger charge is -2.16. The second-order valence-corrected chi connectivity index (χ2v) is 9.85. The molecule has 1 N–H and O–H groups in total. The van der Waals surface area contributed by atoms with Gasteiger partial charge < -0.3 is 14.7 Å². The van der Waals surface area contributed by atoms with Gasteiger partial charge in [0.1, 0.15) is 11.6 Å². The second-order valence-electron chi connectivity index (χ2n) is 8.78. The zero-order chi connectivity index (χ0) is 23.9. The molecule has 2 saturated carbocycles. The van der Waals surface area contributed by atoms with Crippen LogP contribution in [0.4, 0.5) is 4.39 Å². The van der Waals surface area contributed by atoms with Gasteiger partial charge in [-0.3, -0.25) is 9.59 Å². The number of amides is 1. The molecule has 4 rings (SSSR count). The Morgan fingerprint density at radius 3 is 2.31 bits per heavy atom. The highest BCUT2D eigenvalue weighted by molar-refractivity contribution is 7.99. The van der Waals surface area contributed by atoms with E-state index in [4.69, 9.17) is 14.6 Å². The third kappa shape index (κ3) is 10.7. The van der Waals surface area contributed by atoms with Gasteiger partial charge in [0.25, 0.3) is 6.47 Å². The average molecular weight is 470 g/mol. The number of ether oxygens (including phenoxy) is 1. The summed E-state index contributed by atoms with van der Waals surface area (Å²) in [7, 11) is 0. The van der Waals surface area contributed by atoms with Crippen molar-refractivity contribution in [2.45, 2.75) is 72.1 Å². The third-order valence-corrected chi connectivity index (χ3v) is 6.50. The van der Waals surface area contributed by atoms with Crippen molar-refractivity contribution in [1.82, 2.24) is 4.90 Å². The van der Waals surface area contributed by atoms with E-state index in [0.717, 1.165) is 48.4 Å². The number of rotatable bonds is 5. The van der Waals surface area contributed by atoms with Crippen molar-refractivity contribution >= 4 is 24.6 Å². The molecular weight excluding hydrogens is 429 g/mol. The average Bonchev–Trinajstić information content (AvgIpc) is 3.29. The van der Waals surface area contributed by atoms with Crippen molar-refractivity contribution in [3.05, 3.63) is 29.1 Å². The van der Waals surface area contributed by atoms with Gasteiger partial charge in [0.15, 0.2) is 0 Å². The predicted octanol–water partition coefficient (Wildman–Crippen LogP) is 6.09. The number of hydrogen-bond acceptors (Lipinski definition) is 4. The van der Waals surface area contributed by atoms with Gasteiger partial charge in [0.05, 0.1) is 12.5 Å². The van der Waals surface area contributed by atoms with Crippen LogP contribution in [-0.4, -0.2) is 47.7 Å². The molecule has 182 valence electrons. The van der Waals surface area contributed by atoms with Gasteiger partial charge in [-0.1, -0.05) is 33.6 Å². The van der Waals surface area contributed by atoms with E-state index >= 15 is 0 Å². The van der Waals surface area contributed by atoms with Crippen molar-refractivity contribution in [1.29, 1.82) is 0 Å². The van der Waals surface area contributed by atoms with E-state index in [1.54, 1.807) is 22.7 Å². The molecule has 1 aliphatic heterocycles. The van der Waals surface area contributed by atoms with Gasteiger partial charge in [-0.15, -0.1) is 11.8 Å². The lowest BCUT2D eigenvalue weighted by atomic mass is 10.1. The number of thioether (sulfide) groups is 1. The normalized spacial score (nSPS) is 21.2. The maximum atomic E-state index is 13.7. The third-order valence-electron chi connectivity index (χ3n) is 5.52. The molecule has 1 saturated heterocycles. The molecule has 32 heavy (non-hydrogen) atoms. The molecule has 0 bridgehead atoms. The van der Waals surface area contributed by atoms with Crippen LogP contribution in [0.2, 0.25) is 0 Å². The molecular formula is C25H40FNO4S. The number of benzene rings is 1. The minimum absolute atomic E-state index is 0.140. The molecule has 3 fully saturated rings. The monoisotopic (exact) mass is 469 g/mol. The van der Waals surface area contributed by atoms with Gasteiger partial charge in [-0.05, 0) is 67.6 Å². The van der Waals surface area contributed by atoms with E-state index in [0.29, 0.717) is 11.8 Å². The molecule has 1 aromatic carbocycles. The summed E-state index contributed by atoms with van der Waals surface area (Å²) in [5.74, 6) is 4.75. The van der Waals surface area contributed by atoms with E-state index in [1.165, 1.54) is 44.1 Å². The molecule has 1 amide bonds. The molecule has 2 aliphatic carbocycles. The quantitative estimate of drug-likeness (QED) is 0.528. The molecule has 2 unspecified atom stereocenters. The van der Waals surface area contributed by atoms with E-state index in [9.17, 15) is 9.18 Å². The molecule has 3 aliphatic rings. The molecule has 0 radical (unpaired) electrons. The molecule has 5 nitrogen and oxygen atoms in total. The van der Waals surface area contributed by atoms with Crippen LogP contribution in [0, 0.1) is 24.6 Å². The van der Waals surface area contributed by atoms with Crippen LogP contribution in [0.5, 0.6) is 5.75 Å². The standard InChI is InChI=1S/C17H23FO.C4H7NOS.C3H8.CH2O2/c1-11-3-4-13(7-11)10-19-17-9-16(18)12(2)8-15(17)14-5-6-14;6-3-5-1-2-7-4-5;1-3-2;2-1-3/h8-9,11,13-14H,3-7,10H2,1-2H3;3H,1-2,4H2;3H2,1-2H3;1H,(H,2,3). The zero-order valence-electron chi connectivity index (χ0n) is 20.0. The summed E-state index contributed by atoms with van der Waals surface area (Å²) >= 11 is 1.80. The van der Waals surface area contributed by atoms with Crippen LogP contribution in [-0.2, 0) is 9.59 Å². The fourth-order valence-corrected chi connectivity index (χ4v) is 4.64. The minimum Gasteiger partial charge on any atom is -0.493 e. The van der Waals surface area contributed by atoms with Gasteiger partial charge in [-0.2, -0.15) is 0 Å². The van der Waals surface area contributed by atoms with Gasteiger partial charge in [0.2, 0.25) is 6.41 Å².